The molecule has 0 aromatic carbocycles. The van der Waals surface area contributed by atoms with Crippen molar-refractivity contribution in [3.63, 3.8) is 0 Å². The van der Waals surface area contributed by atoms with Gasteiger partial charge in [0.25, 0.3) is 0 Å². The standard InChI is InChI=1S/C13H23F3N4O2S/c1-3-17-12(19-11-8-9(11)2)18-10-4-6-20(7-5-10)23(21,22)13(14,15)16/h9-11H,3-8H2,1-2H3,(H2,17,18,19). The number of sulfonamides is 1. The fourth-order valence-electron chi connectivity index (χ4n) is 2.57. The number of hydrogen-bond donors (Lipinski definition) is 2. The summed E-state index contributed by atoms with van der Waals surface area (Å²) in [6.07, 6.45) is 1.71. The number of hydrogen-bond acceptors (Lipinski definition) is 3. The summed E-state index contributed by atoms with van der Waals surface area (Å²) in [7, 11) is -5.22. The molecule has 0 aromatic rings. The molecule has 1 heterocycles. The van der Waals surface area contributed by atoms with Crippen molar-refractivity contribution in [2.75, 3.05) is 19.6 Å². The first-order chi connectivity index (χ1) is 10.6. The molecule has 0 bridgehead atoms. The lowest BCUT2D eigenvalue weighted by Gasteiger charge is -2.32. The van der Waals surface area contributed by atoms with Crippen molar-refractivity contribution in [1.29, 1.82) is 0 Å². The normalized spacial score (nSPS) is 27.8. The maximum Gasteiger partial charge on any atom is 0.511 e. The molecule has 2 aliphatic rings. The summed E-state index contributed by atoms with van der Waals surface area (Å²) in [5.41, 5.74) is -5.23. The van der Waals surface area contributed by atoms with Crippen LogP contribution in [0.3, 0.4) is 0 Å². The van der Waals surface area contributed by atoms with Crippen molar-refractivity contribution >= 4 is 16.0 Å². The van der Waals surface area contributed by atoms with Crippen LogP contribution in [0.2, 0.25) is 0 Å². The van der Waals surface area contributed by atoms with Gasteiger partial charge < -0.3 is 10.6 Å². The van der Waals surface area contributed by atoms with Gasteiger partial charge in [-0.05, 0) is 32.1 Å². The topological polar surface area (TPSA) is 73.8 Å². The average molecular weight is 356 g/mol. The highest BCUT2D eigenvalue weighted by Crippen LogP contribution is 2.30. The highest BCUT2D eigenvalue weighted by Gasteiger charge is 2.50. The Kier molecular flexibility index (Phi) is 5.44. The third-order valence-electron chi connectivity index (χ3n) is 4.17. The Morgan fingerprint density at radius 1 is 1.26 bits per heavy atom. The summed E-state index contributed by atoms with van der Waals surface area (Å²) in [6, 6.07) is 0.306. The van der Waals surface area contributed by atoms with Crippen molar-refractivity contribution in [1.82, 2.24) is 14.9 Å². The van der Waals surface area contributed by atoms with E-state index in [1.807, 2.05) is 6.92 Å². The number of nitrogens with zero attached hydrogens (tertiary/aromatic N) is 2. The molecule has 0 amide bonds. The van der Waals surface area contributed by atoms with Gasteiger partial charge >= 0.3 is 15.5 Å². The number of alkyl halides is 3. The van der Waals surface area contributed by atoms with Crippen molar-refractivity contribution in [3.05, 3.63) is 0 Å². The highest BCUT2D eigenvalue weighted by atomic mass is 32.2. The van der Waals surface area contributed by atoms with Gasteiger partial charge in [-0.25, -0.2) is 8.42 Å². The Balaban J connectivity index is 1.87. The zero-order valence-corrected chi connectivity index (χ0v) is 14.0. The van der Waals surface area contributed by atoms with Crippen molar-refractivity contribution in [2.24, 2.45) is 10.9 Å². The van der Waals surface area contributed by atoms with Gasteiger partial charge in [0, 0.05) is 31.7 Å². The van der Waals surface area contributed by atoms with Gasteiger partial charge in [0.05, 0.1) is 0 Å². The van der Waals surface area contributed by atoms with Crippen LogP contribution in [0.15, 0.2) is 4.99 Å². The summed E-state index contributed by atoms with van der Waals surface area (Å²) >= 11 is 0. The van der Waals surface area contributed by atoms with Crippen LogP contribution in [-0.2, 0) is 10.0 Å². The molecule has 2 unspecified atom stereocenters. The Bertz CT molecular complexity index is 542. The molecule has 1 aliphatic carbocycles. The van der Waals surface area contributed by atoms with E-state index < -0.39 is 15.5 Å². The zero-order valence-electron chi connectivity index (χ0n) is 13.2. The minimum atomic E-state index is -5.23. The number of aliphatic imine (C=N–C) groups is 1. The fourth-order valence-corrected chi connectivity index (χ4v) is 3.55. The molecule has 23 heavy (non-hydrogen) atoms. The fraction of sp³-hybridized carbons (Fsp3) is 0.923. The number of guanidine groups is 1. The molecular formula is C13H23F3N4O2S. The van der Waals surface area contributed by atoms with Gasteiger partial charge in [0.1, 0.15) is 0 Å². The van der Waals surface area contributed by atoms with Gasteiger partial charge in [-0.3, -0.25) is 4.99 Å². The predicted octanol–water partition coefficient (Wildman–Crippen LogP) is 1.26. The number of nitrogens with one attached hydrogen (secondary N) is 2. The average Bonchev–Trinajstić information content (AvgIpc) is 3.13. The van der Waals surface area contributed by atoms with Gasteiger partial charge in [0.15, 0.2) is 5.96 Å². The molecule has 2 N–H and O–H groups in total. The Morgan fingerprint density at radius 3 is 2.26 bits per heavy atom. The first-order valence-electron chi connectivity index (χ1n) is 7.79. The summed E-state index contributed by atoms with van der Waals surface area (Å²) < 4.78 is 60.9. The monoisotopic (exact) mass is 356 g/mol. The van der Waals surface area contributed by atoms with E-state index in [9.17, 15) is 21.6 Å². The van der Waals surface area contributed by atoms with Crippen molar-refractivity contribution in [3.8, 4) is 0 Å². The zero-order chi connectivity index (χ0) is 17.3. The molecule has 0 radical (unpaired) electrons. The first-order valence-corrected chi connectivity index (χ1v) is 9.23. The maximum absolute atomic E-state index is 12.5. The van der Waals surface area contributed by atoms with E-state index in [0.29, 0.717) is 41.6 Å². The van der Waals surface area contributed by atoms with E-state index in [4.69, 9.17) is 0 Å². The molecule has 2 atom stereocenters. The van der Waals surface area contributed by atoms with Crippen LogP contribution >= 0.6 is 0 Å². The first kappa shape index (κ1) is 18.3. The largest absolute Gasteiger partial charge is 0.511 e. The lowest BCUT2D eigenvalue weighted by Crippen LogP contribution is -2.52. The third-order valence-corrected chi connectivity index (χ3v) is 5.80. The van der Waals surface area contributed by atoms with E-state index in [1.165, 1.54) is 0 Å². The van der Waals surface area contributed by atoms with Crippen LogP contribution in [0.5, 0.6) is 0 Å². The van der Waals surface area contributed by atoms with Crippen LogP contribution in [0.25, 0.3) is 0 Å². The van der Waals surface area contributed by atoms with E-state index >= 15 is 0 Å². The van der Waals surface area contributed by atoms with Crippen molar-refractivity contribution < 1.29 is 21.6 Å². The third kappa shape index (κ3) is 4.50. The summed E-state index contributed by atoms with van der Waals surface area (Å²) in [5, 5.41) is 6.48. The van der Waals surface area contributed by atoms with E-state index in [2.05, 4.69) is 22.5 Å². The van der Waals surface area contributed by atoms with Gasteiger partial charge in [-0.1, -0.05) is 6.92 Å². The lowest BCUT2D eigenvalue weighted by atomic mass is 10.1. The maximum atomic E-state index is 12.5. The van der Waals surface area contributed by atoms with Crippen LogP contribution < -0.4 is 10.6 Å². The summed E-state index contributed by atoms with van der Waals surface area (Å²) in [4.78, 5) is 4.32. The number of piperidine rings is 1. The molecule has 1 saturated carbocycles. The van der Waals surface area contributed by atoms with E-state index in [0.717, 1.165) is 6.42 Å². The van der Waals surface area contributed by atoms with Crippen molar-refractivity contribution in [2.45, 2.75) is 50.7 Å². The molecule has 1 saturated heterocycles. The predicted molar refractivity (Wildman–Crippen MR) is 81.4 cm³/mol. The van der Waals surface area contributed by atoms with Crippen LogP contribution in [0, 0.1) is 5.92 Å². The second kappa shape index (κ2) is 6.84. The molecule has 6 nitrogen and oxygen atoms in total. The molecule has 10 heteroatoms. The SMILES string of the molecule is CCN=C(NC1CCN(S(=O)(=O)C(F)(F)F)CC1)NC1CC1C. The molecule has 0 aromatic heterocycles. The lowest BCUT2D eigenvalue weighted by molar-refractivity contribution is -0.0494. The number of halogens is 3. The second-order valence-corrected chi connectivity index (χ2v) is 7.98. The minimum Gasteiger partial charge on any atom is -0.354 e. The van der Waals surface area contributed by atoms with Gasteiger partial charge in [0.2, 0.25) is 0 Å². The molecule has 2 fully saturated rings. The highest BCUT2D eigenvalue weighted by molar-refractivity contribution is 7.90. The summed E-state index contributed by atoms with van der Waals surface area (Å²) in [6.45, 7) is 4.34. The van der Waals surface area contributed by atoms with Gasteiger partial charge in [-0.15, -0.1) is 0 Å². The van der Waals surface area contributed by atoms with E-state index in [1.54, 1.807) is 0 Å². The van der Waals surface area contributed by atoms with Crippen LogP contribution in [0.4, 0.5) is 13.2 Å². The van der Waals surface area contributed by atoms with Crippen LogP contribution in [0.1, 0.15) is 33.1 Å². The van der Waals surface area contributed by atoms with E-state index in [-0.39, 0.29) is 19.1 Å². The Hall–Kier alpha value is -1.03. The second-order valence-electron chi connectivity index (χ2n) is 6.06. The molecule has 134 valence electrons. The molecule has 2 rings (SSSR count). The molecule has 1 aliphatic heterocycles. The quantitative estimate of drug-likeness (QED) is 0.588. The van der Waals surface area contributed by atoms with Gasteiger partial charge in [-0.2, -0.15) is 17.5 Å². The Labute approximate surface area is 134 Å². The molecule has 0 spiro atoms. The molecular weight excluding hydrogens is 333 g/mol. The van der Waals surface area contributed by atoms with Crippen LogP contribution in [-0.4, -0.2) is 55.9 Å². The smallest absolute Gasteiger partial charge is 0.354 e. The minimum absolute atomic E-state index is 0.0819. The number of rotatable bonds is 4. The Morgan fingerprint density at radius 2 is 1.83 bits per heavy atom. The summed E-state index contributed by atoms with van der Waals surface area (Å²) in [5.74, 6) is 1.25.